The molecule has 0 saturated heterocycles. The maximum absolute atomic E-state index is 12.3. The Hall–Kier alpha value is -2.50. The summed E-state index contributed by atoms with van der Waals surface area (Å²) in [7, 11) is -3.83. The van der Waals surface area contributed by atoms with Crippen molar-refractivity contribution in [3.8, 4) is 0 Å². The molecule has 0 unspecified atom stereocenters. The number of imidazole rings is 1. The van der Waals surface area contributed by atoms with E-state index in [0.29, 0.717) is 23.0 Å². The fourth-order valence-electron chi connectivity index (χ4n) is 3.08. The standard InChI is InChI=1S/C20H25N5O4S2/c1-4-5-8-25-17-7-6-15(31(21,27)28)10-16(17)24-18(25)11-29-19(26)12-30-20-22-13(2)9-14(3)23-20/h6-7,9-10H,4-5,8,11-12H2,1-3H3,(H2,21,27,28). The third kappa shape index (κ3) is 6.02. The van der Waals surface area contributed by atoms with E-state index >= 15 is 0 Å². The van der Waals surface area contributed by atoms with Crippen molar-refractivity contribution in [3.63, 3.8) is 0 Å². The molecule has 0 aliphatic heterocycles. The number of thioether (sulfide) groups is 1. The van der Waals surface area contributed by atoms with Crippen molar-refractivity contribution < 1.29 is 17.9 Å². The van der Waals surface area contributed by atoms with Crippen LogP contribution in [-0.4, -0.2) is 39.7 Å². The summed E-state index contributed by atoms with van der Waals surface area (Å²) in [6.45, 7) is 6.48. The third-order valence-corrected chi connectivity index (χ3v) is 6.24. The van der Waals surface area contributed by atoms with Crippen molar-refractivity contribution in [2.45, 2.75) is 56.8 Å². The number of carbonyl (C=O) groups is 1. The van der Waals surface area contributed by atoms with Crippen molar-refractivity contribution in [1.82, 2.24) is 19.5 Å². The number of primary sulfonamides is 1. The van der Waals surface area contributed by atoms with Crippen LogP contribution in [0.5, 0.6) is 0 Å². The van der Waals surface area contributed by atoms with E-state index in [1.54, 1.807) is 6.07 Å². The van der Waals surface area contributed by atoms with Gasteiger partial charge >= 0.3 is 5.97 Å². The molecule has 0 bridgehead atoms. The largest absolute Gasteiger partial charge is 0.457 e. The molecule has 31 heavy (non-hydrogen) atoms. The van der Waals surface area contributed by atoms with Crippen LogP contribution in [0.25, 0.3) is 11.0 Å². The minimum atomic E-state index is -3.83. The zero-order valence-corrected chi connectivity index (χ0v) is 19.3. The molecule has 0 aliphatic rings. The Kier molecular flexibility index (Phi) is 7.29. The minimum Gasteiger partial charge on any atom is -0.457 e. The molecule has 166 valence electrons. The minimum absolute atomic E-state index is 0.00599. The van der Waals surface area contributed by atoms with Gasteiger partial charge in [0.15, 0.2) is 5.16 Å². The van der Waals surface area contributed by atoms with Crippen molar-refractivity contribution in [2.24, 2.45) is 5.14 Å². The van der Waals surface area contributed by atoms with E-state index in [1.807, 2.05) is 24.5 Å². The molecule has 0 amide bonds. The lowest BCUT2D eigenvalue weighted by Crippen LogP contribution is -2.12. The van der Waals surface area contributed by atoms with Crippen molar-refractivity contribution in [2.75, 3.05) is 5.75 Å². The van der Waals surface area contributed by atoms with Crippen LogP contribution in [0.2, 0.25) is 0 Å². The number of benzene rings is 1. The molecule has 11 heteroatoms. The summed E-state index contributed by atoms with van der Waals surface area (Å²) in [6, 6.07) is 6.44. The topological polar surface area (TPSA) is 130 Å². The summed E-state index contributed by atoms with van der Waals surface area (Å²) in [6.07, 6.45) is 1.88. The number of aryl methyl sites for hydroxylation is 3. The quantitative estimate of drug-likeness (QED) is 0.291. The van der Waals surface area contributed by atoms with Gasteiger partial charge in [0, 0.05) is 17.9 Å². The molecule has 9 nitrogen and oxygen atoms in total. The molecule has 3 rings (SSSR count). The van der Waals surface area contributed by atoms with Gasteiger partial charge in [0.25, 0.3) is 0 Å². The highest BCUT2D eigenvalue weighted by Crippen LogP contribution is 2.22. The number of ether oxygens (including phenoxy) is 1. The number of unbranched alkanes of at least 4 members (excludes halogenated alkanes) is 1. The first-order valence-corrected chi connectivity index (χ1v) is 12.3. The van der Waals surface area contributed by atoms with E-state index < -0.39 is 16.0 Å². The lowest BCUT2D eigenvalue weighted by molar-refractivity contribution is -0.142. The van der Waals surface area contributed by atoms with Gasteiger partial charge < -0.3 is 9.30 Å². The zero-order chi connectivity index (χ0) is 22.6. The van der Waals surface area contributed by atoms with E-state index in [9.17, 15) is 13.2 Å². The van der Waals surface area contributed by atoms with Crippen molar-refractivity contribution in [3.05, 3.63) is 41.5 Å². The molecule has 0 fully saturated rings. The smallest absolute Gasteiger partial charge is 0.316 e. The van der Waals surface area contributed by atoms with Crippen LogP contribution in [-0.2, 0) is 32.7 Å². The Balaban J connectivity index is 1.73. The van der Waals surface area contributed by atoms with E-state index in [2.05, 4.69) is 21.9 Å². The molecule has 0 saturated carbocycles. The molecule has 0 spiro atoms. The number of sulfonamides is 1. The lowest BCUT2D eigenvalue weighted by atomic mass is 10.3. The lowest BCUT2D eigenvalue weighted by Gasteiger charge is -2.09. The van der Waals surface area contributed by atoms with Crippen molar-refractivity contribution >= 4 is 38.8 Å². The second-order valence-electron chi connectivity index (χ2n) is 7.11. The molecule has 0 radical (unpaired) electrons. The van der Waals surface area contributed by atoms with Crippen LogP contribution in [0.15, 0.2) is 34.3 Å². The van der Waals surface area contributed by atoms with Crippen LogP contribution in [0.4, 0.5) is 0 Å². The first kappa shape index (κ1) is 23.2. The van der Waals surface area contributed by atoms with Gasteiger partial charge in [0.05, 0.1) is 21.7 Å². The van der Waals surface area contributed by atoms with Gasteiger partial charge in [-0.25, -0.2) is 28.5 Å². The van der Waals surface area contributed by atoms with Crippen LogP contribution >= 0.6 is 11.8 Å². The Morgan fingerprint density at radius 1 is 1.16 bits per heavy atom. The average Bonchev–Trinajstić information content (AvgIpc) is 3.04. The third-order valence-electron chi connectivity index (χ3n) is 4.51. The predicted octanol–water partition coefficient (Wildman–Crippen LogP) is 2.73. The van der Waals surface area contributed by atoms with Gasteiger partial charge in [-0.3, -0.25) is 4.79 Å². The highest BCUT2D eigenvalue weighted by atomic mass is 32.2. The summed E-state index contributed by atoms with van der Waals surface area (Å²) < 4.78 is 30.7. The molecular formula is C20H25N5O4S2. The van der Waals surface area contributed by atoms with Gasteiger partial charge in [0.2, 0.25) is 10.0 Å². The maximum Gasteiger partial charge on any atom is 0.316 e. The summed E-state index contributed by atoms with van der Waals surface area (Å²) in [5.74, 6) is 0.219. The SMILES string of the molecule is CCCCn1c(COC(=O)CSc2nc(C)cc(C)n2)nc2cc(S(N)(=O)=O)ccc21. The number of esters is 1. The molecule has 0 atom stereocenters. The second kappa shape index (κ2) is 9.75. The number of aromatic nitrogens is 4. The Morgan fingerprint density at radius 3 is 2.52 bits per heavy atom. The number of nitrogens with zero attached hydrogens (tertiary/aromatic N) is 4. The maximum atomic E-state index is 12.3. The van der Waals surface area contributed by atoms with Crippen LogP contribution in [0.1, 0.15) is 37.0 Å². The molecule has 2 aromatic heterocycles. The number of rotatable bonds is 9. The molecular weight excluding hydrogens is 438 g/mol. The highest BCUT2D eigenvalue weighted by Gasteiger charge is 2.16. The van der Waals surface area contributed by atoms with E-state index in [-0.39, 0.29) is 17.3 Å². The number of nitrogens with two attached hydrogens (primary N) is 1. The van der Waals surface area contributed by atoms with Gasteiger partial charge in [-0.05, 0) is 44.5 Å². The monoisotopic (exact) mass is 463 g/mol. The highest BCUT2D eigenvalue weighted by molar-refractivity contribution is 7.99. The molecule has 3 aromatic rings. The van der Waals surface area contributed by atoms with Crippen LogP contribution in [0.3, 0.4) is 0 Å². The van der Waals surface area contributed by atoms with Crippen LogP contribution < -0.4 is 5.14 Å². The predicted molar refractivity (Wildman–Crippen MR) is 118 cm³/mol. The number of carbonyl (C=O) groups excluding carboxylic acids is 1. The van der Waals surface area contributed by atoms with Gasteiger partial charge in [-0.15, -0.1) is 0 Å². The average molecular weight is 464 g/mol. The molecule has 1 aromatic carbocycles. The van der Waals surface area contributed by atoms with E-state index in [4.69, 9.17) is 9.88 Å². The van der Waals surface area contributed by atoms with Crippen molar-refractivity contribution in [1.29, 1.82) is 0 Å². The van der Waals surface area contributed by atoms with E-state index in [0.717, 1.165) is 29.7 Å². The molecule has 0 aliphatic carbocycles. The first-order valence-electron chi connectivity index (χ1n) is 9.80. The van der Waals surface area contributed by atoms with Gasteiger partial charge in [-0.1, -0.05) is 25.1 Å². The Bertz CT molecular complexity index is 1190. The molecule has 2 heterocycles. The summed E-state index contributed by atoms with van der Waals surface area (Å²) in [4.78, 5) is 25.3. The Labute approximate surface area is 185 Å². The normalized spacial score (nSPS) is 11.7. The molecule has 2 N–H and O–H groups in total. The number of fused-ring (bicyclic) bond motifs is 1. The Morgan fingerprint density at radius 2 is 1.87 bits per heavy atom. The van der Waals surface area contributed by atoms with Gasteiger partial charge in [0.1, 0.15) is 12.4 Å². The first-order chi connectivity index (χ1) is 14.7. The number of hydrogen-bond acceptors (Lipinski definition) is 8. The summed E-state index contributed by atoms with van der Waals surface area (Å²) in [5, 5.41) is 5.75. The van der Waals surface area contributed by atoms with Gasteiger partial charge in [-0.2, -0.15) is 0 Å². The fourth-order valence-corrected chi connectivity index (χ4v) is 4.36. The zero-order valence-electron chi connectivity index (χ0n) is 17.7. The van der Waals surface area contributed by atoms with E-state index in [1.165, 1.54) is 23.9 Å². The number of hydrogen-bond donors (Lipinski definition) is 1. The second-order valence-corrected chi connectivity index (χ2v) is 9.62. The summed E-state index contributed by atoms with van der Waals surface area (Å²) in [5.41, 5.74) is 2.94. The van der Waals surface area contributed by atoms with Crippen LogP contribution in [0, 0.1) is 13.8 Å². The fraction of sp³-hybridized carbons (Fsp3) is 0.400. The summed E-state index contributed by atoms with van der Waals surface area (Å²) >= 11 is 1.22.